The van der Waals surface area contributed by atoms with Crippen LogP contribution in [0.3, 0.4) is 0 Å². The number of hydrogen-bond donors (Lipinski definition) is 2. The van der Waals surface area contributed by atoms with Gasteiger partial charge in [-0.15, -0.1) is 11.8 Å². The standard InChI is InChI=1S/C19H20ClNO4S/c1-19(12-25-2,18(23)24)21-17(22)14-5-3-13(4-6-14)11-26-16-9-7-15(20)8-10-16/h3-10H,11-12H2,1-2H3,(H,21,22)(H,23,24). The van der Waals surface area contributed by atoms with E-state index in [4.69, 9.17) is 16.3 Å². The molecule has 0 saturated heterocycles. The molecule has 138 valence electrons. The lowest BCUT2D eigenvalue weighted by atomic mass is 10.0. The van der Waals surface area contributed by atoms with Gasteiger partial charge in [0.25, 0.3) is 5.91 Å². The number of rotatable bonds is 8. The predicted molar refractivity (Wildman–Crippen MR) is 103 cm³/mol. The minimum Gasteiger partial charge on any atom is -0.479 e. The van der Waals surface area contributed by atoms with Crippen molar-refractivity contribution in [2.75, 3.05) is 13.7 Å². The number of carboxylic acid groups (broad SMARTS) is 1. The van der Waals surface area contributed by atoms with E-state index in [9.17, 15) is 14.7 Å². The number of hydrogen-bond acceptors (Lipinski definition) is 4. The fourth-order valence-electron chi connectivity index (χ4n) is 2.21. The molecule has 26 heavy (non-hydrogen) atoms. The van der Waals surface area contributed by atoms with Crippen LogP contribution in [0.15, 0.2) is 53.4 Å². The number of benzene rings is 2. The number of methoxy groups -OCH3 is 1. The summed E-state index contributed by atoms with van der Waals surface area (Å²) < 4.78 is 4.90. The summed E-state index contributed by atoms with van der Waals surface area (Å²) in [5.41, 5.74) is -0.0252. The second kappa shape index (κ2) is 9.07. The van der Waals surface area contributed by atoms with Crippen LogP contribution in [0.1, 0.15) is 22.8 Å². The Bertz CT molecular complexity index is 764. The molecule has 0 aliphatic heterocycles. The topological polar surface area (TPSA) is 75.6 Å². The molecule has 0 spiro atoms. The summed E-state index contributed by atoms with van der Waals surface area (Å²) in [6.07, 6.45) is 0. The highest BCUT2D eigenvalue weighted by Gasteiger charge is 2.35. The number of carboxylic acids is 1. The molecule has 2 aromatic carbocycles. The van der Waals surface area contributed by atoms with Gasteiger partial charge in [-0.05, 0) is 48.9 Å². The van der Waals surface area contributed by atoms with Crippen molar-refractivity contribution in [3.8, 4) is 0 Å². The van der Waals surface area contributed by atoms with E-state index < -0.39 is 17.4 Å². The molecule has 2 aromatic rings. The summed E-state index contributed by atoms with van der Waals surface area (Å²) in [4.78, 5) is 24.8. The molecule has 0 aliphatic carbocycles. The maximum Gasteiger partial charge on any atom is 0.331 e. The van der Waals surface area contributed by atoms with Gasteiger partial charge in [-0.2, -0.15) is 0 Å². The predicted octanol–water partition coefficient (Wildman–Crippen LogP) is 3.85. The Labute approximate surface area is 161 Å². The summed E-state index contributed by atoms with van der Waals surface area (Å²) >= 11 is 7.53. The van der Waals surface area contributed by atoms with E-state index in [0.717, 1.165) is 16.2 Å². The van der Waals surface area contributed by atoms with Crippen LogP contribution >= 0.6 is 23.4 Å². The Hall–Kier alpha value is -2.02. The van der Waals surface area contributed by atoms with Crippen LogP contribution in [0.25, 0.3) is 0 Å². The van der Waals surface area contributed by atoms with Gasteiger partial charge in [-0.1, -0.05) is 23.7 Å². The summed E-state index contributed by atoms with van der Waals surface area (Å²) in [7, 11) is 1.39. The Morgan fingerprint density at radius 2 is 1.77 bits per heavy atom. The van der Waals surface area contributed by atoms with Crippen LogP contribution in [-0.4, -0.2) is 36.2 Å². The van der Waals surface area contributed by atoms with Gasteiger partial charge in [0.1, 0.15) is 0 Å². The minimum atomic E-state index is -1.48. The number of nitrogens with one attached hydrogen (secondary N) is 1. The van der Waals surface area contributed by atoms with Crippen molar-refractivity contribution in [3.63, 3.8) is 0 Å². The van der Waals surface area contributed by atoms with Gasteiger partial charge in [-0.3, -0.25) is 4.79 Å². The van der Waals surface area contributed by atoms with Gasteiger partial charge in [0, 0.05) is 28.3 Å². The second-order valence-electron chi connectivity index (χ2n) is 5.96. The van der Waals surface area contributed by atoms with Gasteiger partial charge >= 0.3 is 5.97 Å². The Morgan fingerprint density at radius 1 is 1.15 bits per heavy atom. The molecule has 2 rings (SSSR count). The van der Waals surface area contributed by atoms with E-state index in [0.29, 0.717) is 10.6 Å². The highest BCUT2D eigenvalue weighted by Crippen LogP contribution is 2.24. The minimum absolute atomic E-state index is 0.121. The molecule has 0 aromatic heterocycles. The normalized spacial score (nSPS) is 13.0. The van der Waals surface area contributed by atoms with E-state index >= 15 is 0 Å². The third kappa shape index (κ3) is 5.49. The average molecular weight is 394 g/mol. The first-order chi connectivity index (χ1) is 12.3. The van der Waals surface area contributed by atoms with Crippen molar-refractivity contribution in [2.45, 2.75) is 23.1 Å². The van der Waals surface area contributed by atoms with Crippen molar-refractivity contribution >= 4 is 35.2 Å². The molecular weight excluding hydrogens is 374 g/mol. The van der Waals surface area contributed by atoms with E-state index in [1.807, 2.05) is 36.4 Å². The molecule has 1 atom stereocenters. The lowest BCUT2D eigenvalue weighted by molar-refractivity contribution is -0.145. The fourth-order valence-corrected chi connectivity index (χ4v) is 3.19. The number of carbonyl (C=O) groups excluding carboxylic acids is 1. The second-order valence-corrected chi connectivity index (χ2v) is 7.45. The molecule has 1 amide bonds. The van der Waals surface area contributed by atoms with Crippen molar-refractivity contribution in [2.24, 2.45) is 0 Å². The number of ether oxygens (including phenoxy) is 1. The number of amides is 1. The smallest absolute Gasteiger partial charge is 0.331 e. The highest BCUT2D eigenvalue weighted by molar-refractivity contribution is 7.98. The van der Waals surface area contributed by atoms with E-state index in [2.05, 4.69) is 5.32 Å². The van der Waals surface area contributed by atoms with E-state index in [1.54, 1.807) is 23.9 Å². The summed E-state index contributed by atoms with van der Waals surface area (Å²) in [5, 5.41) is 12.5. The Kier molecular flexibility index (Phi) is 7.08. The van der Waals surface area contributed by atoms with Crippen molar-refractivity contribution < 1.29 is 19.4 Å². The number of carbonyl (C=O) groups is 2. The molecule has 2 N–H and O–H groups in total. The molecule has 0 aliphatic rings. The van der Waals surface area contributed by atoms with E-state index in [1.165, 1.54) is 14.0 Å². The van der Waals surface area contributed by atoms with Gasteiger partial charge in [0.15, 0.2) is 5.54 Å². The van der Waals surface area contributed by atoms with Crippen molar-refractivity contribution in [1.82, 2.24) is 5.32 Å². The van der Waals surface area contributed by atoms with Crippen LogP contribution < -0.4 is 5.32 Å². The van der Waals surface area contributed by atoms with Crippen LogP contribution in [0.5, 0.6) is 0 Å². The van der Waals surface area contributed by atoms with Gasteiger partial charge < -0.3 is 15.2 Å². The van der Waals surface area contributed by atoms with Crippen LogP contribution in [0.2, 0.25) is 5.02 Å². The van der Waals surface area contributed by atoms with Crippen molar-refractivity contribution in [1.29, 1.82) is 0 Å². The SMILES string of the molecule is COCC(C)(NC(=O)c1ccc(CSc2ccc(Cl)cc2)cc1)C(=O)O. The molecule has 0 radical (unpaired) electrons. The maximum absolute atomic E-state index is 12.3. The fraction of sp³-hybridized carbons (Fsp3) is 0.263. The number of aliphatic carboxylic acids is 1. The maximum atomic E-state index is 12.3. The van der Waals surface area contributed by atoms with Crippen molar-refractivity contribution in [3.05, 3.63) is 64.7 Å². The summed E-state index contributed by atoms with van der Waals surface area (Å²) in [6, 6.07) is 14.7. The zero-order valence-electron chi connectivity index (χ0n) is 14.5. The van der Waals surface area contributed by atoms with E-state index in [-0.39, 0.29) is 6.61 Å². The van der Waals surface area contributed by atoms with Gasteiger partial charge in [0.2, 0.25) is 0 Å². The van der Waals surface area contributed by atoms with Gasteiger partial charge in [-0.25, -0.2) is 4.79 Å². The number of thioether (sulfide) groups is 1. The first kappa shape index (κ1) is 20.3. The molecule has 0 fully saturated rings. The van der Waals surface area contributed by atoms with Crippen LogP contribution in [-0.2, 0) is 15.3 Å². The third-order valence-electron chi connectivity index (χ3n) is 3.73. The highest BCUT2D eigenvalue weighted by atomic mass is 35.5. The lowest BCUT2D eigenvalue weighted by Crippen LogP contribution is -2.55. The number of halogens is 1. The van der Waals surface area contributed by atoms with Crippen LogP contribution in [0.4, 0.5) is 0 Å². The Morgan fingerprint density at radius 3 is 2.31 bits per heavy atom. The molecule has 0 saturated carbocycles. The molecule has 7 heteroatoms. The lowest BCUT2D eigenvalue weighted by Gasteiger charge is -2.25. The average Bonchev–Trinajstić information content (AvgIpc) is 2.61. The zero-order chi connectivity index (χ0) is 19.2. The third-order valence-corrected chi connectivity index (χ3v) is 5.06. The summed E-state index contributed by atoms with van der Waals surface area (Å²) in [6.45, 7) is 1.29. The van der Waals surface area contributed by atoms with Crippen LogP contribution in [0, 0.1) is 0 Å². The molecule has 0 bridgehead atoms. The first-order valence-corrected chi connectivity index (χ1v) is 9.22. The van der Waals surface area contributed by atoms with Gasteiger partial charge in [0.05, 0.1) is 6.61 Å². The quantitative estimate of drug-likeness (QED) is 0.666. The molecule has 0 heterocycles. The molecular formula is C19H20ClNO4S. The molecule has 5 nitrogen and oxygen atoms in total. The summed E-state index contributed by atoms with van der Waals surface area (Å²) in [5.74, 6) is -0.854. The molecule has 1 unspecified atom stereocenters. The monoisotopic (exact) mass is 393 g/mol. The Balaban J connectivity index is 1.98. The zero-order valence-corrected chi connectivity index (χ0v) is 16.1. The first-order valence-electron chi connectivity index (χ1n) is 7.86. The largest absolute Gasteiger partial charge is 0.479 e.